The maximum absolute atomic E-state index is 10.8. The molecular weight excluding hydrogens is 212 g/mol. The van der Waals surface area contributed by atoms with Gasteiger partial charge in [0.2, 0.25) is 0 Å². The topological polar surface area (TPSA) is 52.1 Å². The van der Waals surface area contributed by atoms with E-state index in [1.807, 2.05) is 6.92 Å². The third-order valence-electron chi connectivity index (χ3n) is 1.74. The van der Waals surface area contributed by atoms with Gasteiger partial charge in [0, 0.05) is 24.6 Å². The van der Waals surface area contributed by atoms with E-state index in [9.17, 15) is 4.79 Å². The normalized spacial score (nSPS) is 10.0. The van der Waals surface area contributed by atoms with Gasteiger partial charge in [0.15, 0.2) is 5.16 Å². The van der Waals surface area contributed by atoms with Gasteiger partial charge in [-0.05, 0) is 18.9 Å². The Labute approximate surface area is 93.5 Å². The van der Waals surface area contributed by atoms with Crippen LogP contribution in [0.4, 0.5) is 0 Å². The fraction of sp³-hybridized carbons (Fsp3) is 0.500. The van der Waals surface area contributed by atoms with E-state index >= 15 is 0 Å². The van der Waals surface area contributed by atoms with E-state index in [1.54, 1.807) is 24.2 Å². The minimum absolute atomic E-state index is 0.166. The Balaban J connectivity index is 2.20. The predicted molar refractivity (Wildman–Crippen MR) is 58.7 cm³/mol. The highest BCUT2D eigenvalue weighted by atomic mass is 32.2. The molecular formula is C10H14N2O2S. The number of rotatable bonds is 5. The molecule has 0 radical (unpaired) electrons. The molecule has 0 aliphatic carbocycles. The molecule has 82 valence electrons. The Morgan fingerprint density at radius 2 is 2.13 bits per heavy atom. The molecule has 5 heteroatoms. The van der Waals surface area contributed by atoms with Crippen LogP contribution >= 0.6 is 11.8 Å². The lowest BCUT2D eigenvalue weighted by atomic mass is 10.3. The molecule has 0 spiro atoms. The summed E-state index contributed by atoms with van der Waals surface area (Å²) in [6.45, 7) is 1.95. The standard InChI is InChI=1S/C10H14N2O2S/c1-8-6-11-10(12-7-8)15-5-3-4-9(13)14-2/h6-7H,3-5H2,1-2H3. The number of thioether (sulfide) groups is 1. The van der Waals surface area contributed by atoms with Gasteiger partial charge in [0.1, 0.15) is 0 Å². The second kappa shape index (κ2) is 6.40. The smallest absolute Gasteiger partial charge is 0.305 e. The molecule has 4 nitrogen and oxygen atoms in total. The molecule has 0 atom stereocenters. The summed E-state index contributed by atoms with van der Waals surface area (Å²) in [5.74, 6) is 0.665. The van der Waals surface area contributed by atoms with E-state index in [1.165, 1.54) is 7.11 Å². The average molecular weight is 226 g/mol. The van der Waals surface area contributed by atoms with Crippen molar-refractivity contribution in [2.24, 2.45) is 0 Å². The van der Waals surface area contributed by atoms with E-state index in [-0.39, 0.29) is 5.97 Å². The molecule has 0 unspecified atom stereocenters. The summed E-state index contributed by atoms with van der Waals surface area (Å²) in [6.07, 6.45) is 4.81. The maximum Gasteiger partial charge on any atom is 0.305 e. The van der Waals surface area contributed by atoms with Gasteiger partial charge < -0.3 is 4.74 Å². The molecule has 0 saturated carbocycles. The summed E-state index contributed by atoms with van der Waals surface area (Å²) < 4.78 is 4.54. The zero-order valence-corrected chi connectivity index (χ0v) is 9.71. The molecule has 1 aromatic rings. The van der Waals surface area contributed by atoms with Crippen LogP contribution in [0.25, 0.3) is 0 Å². The molecule has 0 amide bonds. The second-order valence-electron chi connectivity index (χ2n) is 3.07. The summed E-state index contributed by atoms with van der Waals surface area (Å²) in [6, 6.07) is 0. The Hall–Kier alpha value is -1.10. The number of aryl methyl sites for hydroxylation is 1. The van der Waals surface area contributed by atoms with Crippen LogP contribution in [0.5, 0.6) is 0 Å². The SMILES string of the molecule is COC(=O)CCCSc1ncc(C)cn1. The van der Waals surface area contributed by atoms with Crippen LogP contribution in [0.3, 0.4) is 0 Å². The zero-order chi connectivity index (χ0) is 11.1. The Kier molecular flexibility index (Phi) is 5.10. The fourth-order valence-corrected chi connectivity index (χ4v) is 1.66. The van der Waals surface area contributed by atoms with Crippen LogP contribution in [-0.4, -0.2) is 28.8 Å². The quantitative estimate of drug-likeness (QED) is 0.332. The minimum Gasteiger partial charge on any atom is -0.469 e. The Morgan fingerprint density at radius 3 is 2.73 bits per heavy atom. The first-order valence-corrected chi connectivity index (χ1v) is 5.69. The van der Waals surface area contributed by atoms with Gasteiger partial charge in [-0.25, -0.2) is 9.97 Å². The second-order valence-corrected chi connectivity index (χ2v) is 4.13. The number of hydrogen-bond acceptors (Lipinski definition) is 5. The zero-order valence-electron chi connectivity index (χ0n) is 8.90. The van der Waals surface area contributed by atoms with E-state index in [4.69, 9.17) is 0 Å². The van der Waals surface area contributed by atoms with Gasteiger partial charge in [-0.2, -0.15) is 0 Å². The van der Waals surface area contributed by atoms with Crippen LogP contribution in [0.1, 0.15) is 18.4 Å². The lowest BCUT2D eigenvalue weighted by Gasteiger charge is -2.00. The molecule has 0 aliphatic heterocycles. The van der Waals surface area contributed by atoms with Crippen LogP contribution in [-0.2, 0) is 9.53 Å². The summed E-state index contributed by atoms with van der Waals surface area (Å²) in [5, 5.41) is 0.755. The first-order valence-electron chi connectivity index (χ1n) is 4.70. The number of methoxy groups -OCH3 is 1. The monoisotopic (exact) mass is 226 g/mol. The molecule has 1 heterocycles. The first kappa shape index (κ1) is 12.0. The predicted octanol–water partition coefficient (Wildman–Crippen LogP) is 1.83. The van der Waals surface area contributed by atoms with E-state index < -0.39 is 0 Å². The Bertz CT molecular complexity index is 314. The number of nitrogens with zero attached hydrogens (tertiary/aromatic N) is 2. The fourth-order valence-electron chi connectivity index (χ4n) is 0.937. The van der Waals surface area contributed by atoms with Crippen molar-refractivity contribution in [2.75, 3.05) is 12.9 Å². The number of aromatic nitrogens is 2. The molecule has 0 aromatic carbocycles. The van der Waals surface area contributed by atoms with Crippen molar-refractivity contribution in [3.05, 3.63) is 18.0 Å². The number of hydrogen-bond donors (Lipinski definition) is 0. The van der Waals surface area contributed by atoms with Crippen molar-refractivity contribution in [3.63, 3.8) is 0 Å². The lowest BCUT2D eigenvalue weighted by molar-refractivity contribution is -0.140. The Morgan fingerprint density at radius 1 is 1.47 bits per heavy atom. The third kappa shape index (κ3) is 4.78. The first-order chi connectivity index (χ1) is 7.22. The summed E-state index contributed by atoms with van der Waals surface area (Å²) >= 11 is 1.55. The van der Waals surface area contributed by atoms with Crippen molar-refractivity contribution in [1.29, 1.82) is 0 Å². The molecule has 0 saturated heterocycles. The van der Waals surface area contributed by atoms with Gasteiger partial charge in [-0.3, -0.25) is 4.79 Å². The van der Waals surface area contributed by atoms with Crippen molar-refractivity contribution >= 4 is 17.7 Å². The largest absolute Gasteiger partial charge is 0.469 e. The summed E-state index contributed by atoms with van der Waals surface area (Å²) in [7, 11) is 1.40. The van der Waals surface area contributed by atoms with E-state index in [0.717, 1.165) is 22.9 Å². The number of carbonyl (C=O) groups is 1. The van der Waals surface area contributed by atoms with Crippen molar-refractivity contribution in [1.82, 2.24) is 9.97 Å². The molecule has 1 aromatic heterocycles. The van der Waals surface area contributed by atoms with Crippen molar-refractivity contribution < 1.29 is 9.53 Å². The van der Waals surface area contributed by atoms with Gasteiger partial charge in [-0.1, -0.05) is 11.8 Å². The number of ether oxygens (including phenoxy) is 1. The van der Waals surface area contributed by atoms with Crippen LogP contribution < -0.4 is 0 Å². The molecule has 15 heavy (non-hydrogen) atoms. The van der Waals surface area contributed by atoms with Crippen LogP contribution in [0.15, 0.2) is 17.6 Å². The third-order valence-corrected chi connectivity index (χ3v) is 2.70. The number of esters is 1. The van der Waals surface area contributed by atoms with Crippen molar-refractivity contribution in [2.45, 2.75) is 24.9 Å². The van der Waals surface area contributed by atoms with Gasteiger partial charge >= 0.3 is 5.97 Å². The molecule has 0 N–H and O–H groups in total. The van der Waals surface area contributed by atoms with Gasteiger partial charge in [-0.15, -0.1) is 0 Å². The average Bonchev–Trinajstić information content (AvgIpc) is 2.26. The maximum atomic E-state index is 10.8. The van der Waals surface area contributed by atoms with Crippen molar-refractivity contribution in [3.8, 4) is 0 Å². The van der Waals surface area contributed by atoms with Gasteiger partial charge in [0.05, 0.1) is 7.11 Å². The molecule has 0 fully saturated rings. The molecule has 0 aliphatic rings. The van der Waals surface area contributed by atoms with Crippen LogP contribution in [0.2, 0.25) is 0 Å². The highest BCUT2D eigenvalue weighted by molar-refractivity contribution is 7.99. The lowest BCUT2D eigenvalue weighted by Crippen LogP contribution is -2.00. The van der Waals surface area contributed by atoms with E-state index in [0.29, 0.717) is 6.42 Å². The van der Waals surface area contributed by atoms with Gasteiger partial charge in [0.25, 0.3) is 0 Å². The minimum atomic E-state index is -0.166. The molecule has 1 rings (SSSR count). The molecule has 0 bridgehead atoms. The summed E-state index contributed by atoms with van der Waals surface area (Å²) in [5.41, 5.74) is 1.05. The number of carbonyl (C=O) groups excluding carboxylic acids is 1. The highest BCUT2D eigenvalue weighted by Gasteiger charge is 2.01. The highest BCUT2D eigenvalue weighted by Crippen LogP contribution is 2.13. The summed E-state index contributed by atoms with van der Waals surface area (Å²) in [4.78, 5) is 19.1. The van der Waals surface area contributed by atoms with Crippen LogP contribution in [0, 0.1) is 6.92 Å². The van der Waals surface area contributed by atoms with E-state index in [2.05, 4.69) is 14.7 Å².